The first-order valence-electron chi connectivity index (χ1n) is 5.76. The first kappa shape index (κ1) is 15.2. The van der Waals surface area contributed by atoms with Crippen LogP contribution in [0.2, 0.25) is 0 Å². The van der Waals surface area contributed by atoms with E-state index in [-0.39, 0.29) is 12.5 Å². The van der Waals surface area contributed by atoms with Gasteiger partial charge in [-0.2, -0.15) is 0 Å². The average Bonchev–Trinajstić information content (AvgIpc) is 2.37. The predicted octanol–water partition coefficient (Wildman–Crippen LogP) is 0.805. The molecule has 0 saturated carbocycles. The highest BCUT2D eigenvalue weighted by Crippen LogP contribution is 2.11. The number of terminal acetylenes is 1. The zero-order chi connectivity index (χ0) is 15.1. The summed E-state index contributed by atoms with van der Waals surface area (Å²) in [6.07, 6.45) is 5.12. The van der Waals surface area contributed by atoms with E-state index in [1.807, 2.05) is 0 Å². The largest absolute Gasteiger partial charge is 0.480 e. The molecule has 0 aliphatic rings. The zero-order valence-electron chi connectivity index (χ0n) is 10.9. The van der Waals surface area contributed by atoms with Gasteiger partial charge in [0.2, 0.25) is 5.91 Å². The fourth-order valence-corrected chi connectivity index (χ4v) is 1.55. The number of nitrogens with one attached hydrogen (secondary N) is 1. The van der Waals surface area contributed by atoms with E-state index in [0.717, 1.165) is 4.90 Å². The molecule has 0 heterocycles. The first-order chi connectivity index (χ1) is 9.43. The van der Waals surface area contributed by atoms with Crippen LogP contribution in [0.15, 0.2) is 24.3 Å². The van der Waals surface area contributed by atoms with Crippen LogP contribution in [0.5, 0.6) is 0 Å². The van der Waals surface area contributed by atoms with Crippen LogP contribution in [0, 0.1) is 12.3 Å². The van der Waals surface area contributed by atoms with Crippen LogP contribution < -0.4 is 5.32 Å². The summed E-state index contributed by atoms with van der Waals surface area (Å²) in [5.74, 6) is 0.419. The number of nitrogens with zero attached hydrogens (tertiary/aromatic N) is 1. The van der Waals surface area contributed by atoms with Crippen molar-refractivity contribution in [3.63, 3.8) is 0 Å². The molecule has 0 atom stereocenters. The SMILES string of the molecule is C#CCN(CC(=O)O)C(=O)c1ccc(NC(C)=O)cc1. The van der Waals surface area contributed by atoms with Crippen molar-refractivity contribution >= 4 is 23.5 Å². The molecule has 0 unspecified atom stereocenters. The number of hydrogen-bond donors (Lipinski definition) is 2. The third-order valence-electron chi connectivity index (χ3n) is 2.35. The molecule has 0 spiro atoms. The van der Waals surface area contributed by atoms with Gasteiger partial charge in [0.1, 0.15) is 6.54 Å². The Hall–Kier alpha value is -2.81. The lowest BCUT2D eigenvalue weighted by atomic mass is 10.1. The summed E-state index contributed by atoms with van der Waals surface area (Å²) < 4.78 is 0. The molecule has 104 valence electrons. The molecule has 0 aromatic heterocycles. The van der Waals surface area contributed by atoms with Crippen LogP contribution in [0.1, 0.15) is 17.3 Å². The Morgan fingerprint density at radius 3 is 2.35 bits per heavy atom. The van der Waals surface area contributed by atoms with Gasteiger partial charge in [-0.05, 0) is 24.3 Å². The van der Waals surface area contributed by atoms with Crippen molar-refractivity contribution in [2.75, 3.05) is 18.4 Å². The Balaban J connectivity index is 2.86. The Morgan fingerprint density at radius 1 is 1.30 bits per heavy atom. The fraction of sp³-hybridized carbons (Fsp3) is 0.214. The molecule has 0 saturated heterocycles. The summed E-state index contributed by atoms with van der Waals surface area (Å²) in [6, 6.07) is 6.12. The van der Waals surface area contributed by atoms with E-state index in [1.54, 1.807) is 12.1 Å². The van der Waals surface area contributed by atoms with Gasteiger partial charge in [0, 0.05) is 18.2 Å². The van der Waals surface area contributed by atoms with E-state index < -0.39 is 18.4 Å². The Kier molecular flexibility index (Phi) is 5.30. The topological polar surface area (TPSA) is 86.7 Å². The number of carbonyl (C=O) groups excluding carboxylic acids is 2. The molecule has 0 bridgehead atoms. The molecular weight excluding hydrogens is 260 g/mol. The van der Waals surface area contributed by atoms with E-state index in [1.165, 1.54) is 19.1 Å². The highest BCUT2D eigenvalue weighted by Gasteiger charge is 2.17. The minimum absolute atomic E-state index is 0.0847. The molecule has 6 nitrogen and oxygen atoms in total. The van der Waals surface area contributed by atoms with Crippen molar-refractivity contribution in [3.05, 3.63) is 29.8 Å². The second kappa shape index (κ2) is 6.95. The van der Waals surface area contributed by atoms with Crippen molar-refractivity contribution < 1.29 is 19.5 Å². The fourth-order valence-electron chi connectivity index (χ4n) is 1.55. The molecule has 20 heavy (non-hydrogen) atoms. The van der Waals surface area contributed by atoms with E-state index in [9.17, 15) is 14.4 Å². The molecule has 0 fully saturated rings. The van der Waals surface area contributed by atoms with E-state index in [0.29, 0.717) is 11.3 Å². The molecule has 1 aromatic carbocycles. The van der Waals surface area contributed by atoms with Gasteiger partial charge >= 0.3 is 5.97 Å². The molecule has 0 aliphatic carbocycles. The van der Waals surface area contributed by atoms with Gasteiger partial charge in [0.05, 0.1) is 6.54 Å². The van der Waals surface area contributed by atoms with Crippen LogP contribution in [0.3, 0.4) is 0 Å². The molecule has 2 amide bonds. The first-order valence-corrected chi connectivity index (χ1v) is 5.76. The molecule has 6 heteroatoms. The highest BCUT2D eigenvalue weighted by atomic mass is 16.4. The van der Waals surface area contributed by atoms with Crippen molar-refractivity contribution in [1.29, 1.82) is 0 Å². The summed E-state index contributed by atoms with van der Waals surface area (Å²) in [4.78, 5) is 34.7. The maximum atomic E-state index is 12.1. The number of anilines is 1. The van der Waals surface area contributed by atoms with Crippen molar-refractivity contribution in [2.45, 2.75) is 6.92 Å². The molecule has 1 aromatic rings. The summed E-state index contributed by atoms with van der Waals surface area (Å²) in [5, 5.41) is 11.3. The zero-order valence-corrected chi connectivity index (χ0v) is 10.9. The third kappa shape index (κ3) is 4.46. The molecule has 0 radical (unpaired) electrons. The van der Waals surface area contributed by atoms with Crippen molar-refractivity contribution in [1.82, 2.24) is 4.90 Å². The minimum atomic E-state index is -1.14. The lowest BCUT2D eigenvalue weighted by Gasteiger charge is -2.18. The summed E-state index contributed by atoms with van der Waals surface area (Å²) >= 11 is 0. The van der Waals surface area contributed by atoms with Gasteiger partial charge in [-0.15, -0.1) is 6.42 Å². The molecule has 2 N–H and O–H groups in total. The molecule has 1 rings (SSSR count). The van der Waals surface area contributed by atoms with Gasteiger partial charge in [-0.25, -0.2) is 0 Å². The predicted molar refractivity (Wildman–Crippen MR) is 73.1 cm³/mol. The highest BCUT2D eigenvalue weighted by molar-refractivity contribution is 5.97. The number of carboxylic acid groups (broad SMARTS) is 1. The summed E-state index contributed by atoms with van der Waals surface area (Å²) in [7, 11) is 0. The standard InChI is InChI=1S/C14H14N2O4/c1-3-8-16(9-13(18)19)14(20)11-4-6-12(7-5-11)15-10(2)17/h1,4-7H,8-9H2,2H3,(H,15,17)(H,18,19). The second-order valence-electron chi connectivity index (χ2n) is 4.02. The van der Waals surface area contributed by atoms with Gasteiger partial charge in [-0.3, -0.25) is 14.4 Å². The van der Waals surface area contributed by atoms with Gasteiger partial charge in [0.15, 0.2) is 0 Å². The Labute approximate surface area is 116 Å². The number of amides is 2. The van der Waals surface area contributed by atoms with Crippen molar-refractivity contribution in [3.8, 4) is 12.3 Å². The third-order valence-corrected chi connectivity index (χ3v) is 2.35. The van der Waals surface area contributed by atoms with Crippen LogP contribution in [0.4, 0.5) is 5.69 Å². The van der Waals surface area contributed by atoms with Crippen LogP contribution in [0.25, 0.3) is 0 Å². The summed E-state index contributed by atoms with van der Waals surface area (Å²) in [5.41, 5.74) is 0.853. The number of aliphatic carboxylic acids is 1. The maximum Gasteiger partial charge on any atom is 0.323 e. The van der Waals surface area contributed by atoms with E-state index >= 15 is 0 Å². The second-order valence-corrected chi connectivity index (χ2v) is 4.02. The number of rotatable bonds is 5. The minimum Gasteiger partial charge on any atom is -0.480 e. The average molecular weight is 274 g/mol. The van der Waals surface area contributed by atoms with E-state index in [4.69, 9.17) is 11.5 Å². The van der Waals surface area contributed by atoms with Gasteiger partial charge < -0.3 is 15.3 Å². The molecular formula is C14H14N2O4. The van der Waals surface area contributed by atoms with Crippen LogP contribution in [-0.2, 0) is 9.59 Å². The van der Waals surface area contributed by atoms with Crippen LogP contribution in [-0.4, -0.2) is 40.9 Å². The van der Waals surface area contributed by atoms with Crippen molar-refractivity contribution in [2.24, 2.45) is 0 Å². The smallest absolute Gasteiger partial charge is 0.323 e. The quantitative estimate of drug-likeness (QED) is 0.778. The maximum absolute atomic E-state index is 12.1. The Morgan fingerprint density at radius 2 is 1.90 bits per heavy atom. The monoisotopic (exact) mass is 274 g/mol. The number of carboxylic acids is 1. The number of carbonyl (C=O) groups is 3. The number of hydrogen-bond acceptors (Lipinski definition) is 3. The normalized spacial score (nSPS) is 9.40. The lowest BCUT2D eigenvalue weighted by molar-refractivity contribution is -0.137. The molecule has 0 aliphatic heterocycles. The Bertz CT molecular complexity index is 558. The van der Waals surface area contributed by atoms with E-state index in [2.05, 4.69) is 11.2 Å². The number of benzene rings is 1. The summed E-state index contributed by atoms with van der Waals surface area (Å²) in [6.45, 7) is 0.829. The van der Waals surface area contributed by atoms with Crippen LogP contribution >= 0.6 is 0 Å². The van der Waals surface area contributed by atoms with Gasteiger partial charge in [0.25, 0.3) is 5.91 Å². The lowest BCUT2D eigenvalue weighted by Crippen LogP contribution is -2.35. The van der Waals surface area contributed by atoms with Gasteiger partial charge in [-0.1, -0.05) is 5.92 Å².